The second kappa shape index (κ2) is 33.6. The lowest BCUT2D eigenvalue weighted by Gasteiger charge is -2.28. The van der Waals surface area contributed by atoms with Gasteiger partial charge in [-0.1, -0.05) is 56.7 Å². The van der Waals surface area contributed by atoms with Crippen molar-refractivity contribution in [1.82, 2.24) is 29.9 Å². The Bertz CT molecular complexity index is 4390. The van der Waals surface area contributed by atoms with Crippen molar-refractivity contribution in [2.75, 3.05) is 110 Å². The van der Waals surface area contributed by atoms with Crippen LogP contribution in [0.3, 0.4) is 0 Å². The number of carbonyl (C=O) groups is 3. The third kappa shape index (κ3) is 17.1. The van der Waals surface area contributed by atoms with Crippen molar-refractivity contribution in [3.05, 3.63) is 143 Å². The number of nitrogens with one attached hydrogen (secondary N) is 3. The molecule has 0 unspecified atom stereocenters. The molecule has 9 aromatic rings. The van der Waals surface area contributed by atoms with Gasteiger partial charge in [-0.25, -0.2) is 34.5 Å². The standard InChI is InChI=1S/C78H81N12O13P/c1-10-49-22-19-25-52(34-49)79-76-58-37-64(67(101-55-28-31-95-43-55)40-61(58)82-70(13-4)85-76)88(16-7)73(91)46-98-104(94,99-47-74(92)89(17-8)65-38-59-62(41-68(65)102-56-29-32-96-44-56)83-71(14-5)86-77(59)80-53-26-20-23-50(11-2)35-53)100-48-75(93)90(18-9)66-39-60-63(42-69(66)103-57-30-33-97-45-57)84-72(15-6)87-78(60)81-54-27-21-24-51(12-3)36-54/h1-3,19-27,34-42,55-57H,13-18,28-33,43-48H2,4-9H3,(H,79,82,85)(H,80,83,86)(H,81,84,87)/t55-,56-,57-/m0/s1. The number of nitrogens with zero attached hydrogens (tertiary/aromatic N) is 9. The summed E-state index contributed by atoms with van der Waals surface area (Å²) in [5.74, 6) is 9.56. The summed E-state index contributed by atoms with van der Waals surface area (Å²) in [6.45, 7) is 10.5. The van der Waals surface area contributed by atoms with Crippen LogP contribution in [0.4, 0.5) is 51.6 Å². The van der Waals surface area contributed by atoms with Gasteiger partial charge in [-0.05, 0) is 93.6 Å². The Morgan fingerprint density at radius 2 is 0.750 bits per heavy atom. The van der Waals surface area contributed by atoms with E-state index >= 15 is 18.9 Å². The molecule has 3 N–H and O–H groups in total. The molecule has 3 aliphatic heterocycles. The molecule has 0 saturated carbocycles. The van der Waals surface area contributed by atoms with Gasteiger partial charge >= 0.3 is 7.82 Å². The predicted molar refractivity (Wildman–Crippen MR) is 399 cm³/mol. The minimum absolute atomic E-state index is 0.0248. The first kappa shape index (κ1) is 73.0. The average molecular weight is 1430 g/mol. The molecule has 0 bridgehead atoms. The van der Waals surface area contributed by atoms with Crippen LogP contribution < -0.4 is 44.9 Å². The fraction of sp³-hybridized carbons (Fsp3) is 0.346. The summed E-state index contributed by atoms with van der Waals surface area (Å²) < 4.78 is 71.3. The SMILES string of the molecule is C#Cc1cccc(Nc2nc(CC)nc3cc(O[C@H]4CCOC4)c(N(CC)C(=O)COP(=O)(OCC(=O)N(CC)c4cc5c(Nc6cccc(C#C)c6)nc(CC)nc5cc4O[C@H]4CCOC4)OCC(=O)N(CC)c4cc5c(Nc6cccc(C#C)c6)nc(CC)nc5cc4O[C@H]4CCOC4)cc23)c1. The molecule has 3 amide bonds. The van der Waals surface area contributed by atoms with E-state index in [9.17, 15) is 0 Å². The molecule has 3 saturated heterocycles. The van der Waals surface area contributed by atoms with E-state index in [1.807, 2.05) is 93.6 Å². The van der Waals surface area contributed by atoms with Crippen LogP contribution in [-0.2, 0) is 66.0 Å². The molecule has 0 spiro atoms. The number of rotatable bonds is 30. The van der Waals surface area contributed by atoms with Crippen LogP contribution in [-0.4, -0.2) is 145 Å². The number of phosphoric ester groups is 1. The lowest BCUT2D eigenvalue weighted by atomic mass is 10.1. The quantitative estimate of drug-likeness (QED) is 0.0279. The van der Waals surface area contributed by atoms with Gasteiger partial charge in [-0.2, -0.15) is 0 Å². The van der Waals surface area contributed by atoms with Gasteiger partial charge in [0.2, 0.25) is 0 Å². The number of carbonyl (C=O) groups excluding carboxylic acids is 3. The minimum Gasteiger partial charge on any atom is -0.486 e. The van der Waals surface area contributed by atoms with Crippen molar-refractivity contribution in [2.24, 2.45) is 0 Å². The van der Waals surface area contributed by atoms with Gasteiger partial charge in [0.25, 0.3) is 17.7 Å². The van der Waals surface area contributed by atoms with Crippen molar-refractivity contribution in [3.63, 3.8) is 0 Å². The van der Waals surface area contributed by atoms with E-state index in [1.54, 1.807) is 57.2 Å². The van der Waals surface area contributed by atoms with Gasteiger partial charge in [-0.15, -0.1) is 19.3 Å². The molecule has 3 fully saturated rings. The minimum atomic E-state index is -5.24. The number of likely N-dealkylation sites (N-methyl/N-ethyl adjacent to an activating group) is 3. The lowest BCUT2D eigenvalue weighted by Crippen LogP contribution is -2.36. The van der Waals surface area contributed by atoms with Gasteiger partial charge in [0.1, 0.15) is 90.3 Å². The fourth-order valence-electron chi connectivity index (χ4n) is 12.3. The van der Waals surface area contributed by atoms with Gasteiger partial charge < -0.3 is 59.1 Å². The van der Waals surface area contributed by atoms with Gasteiger partial charge in [-0.3, -0.25) is 28.0 Å². The molecular weight excluding hydrogens is 1340 g/mol. The first-order chi connectivity index (χ1) is 50.6. The Hall–Kier alpha value is -10.8. The van der Waals surface area contributed by atoms with Gasteiger partial charge in [0.15, 0.2) is 0 Å². The Labute approximate surface area is 603 Å². The number of aromatic nitrogens is 6. The van der Waals surface area contributed by atoms with Crippen molar-refractivity contribution in [1.29, 1.82) is 0 Å². The number of anilines is 9. The lowest BCUT2D eigenvalue weighted by molar-refractivity contribution is -0.123. The van der Waals surface area contributed by atoms with E-state index in [2.05, 4.69) is 33.7 Å². The van der Waals surface area contributed by atoms with E-state index in [-0.39, 0.29) is 55.0 Å². The Morgan fingerprint density at radius 1 is 0.452 bits per heavy atom. The highest BCUT2D eigenvalue weighted by atomic mass is 31.2. The van der Waals surface area contributed by atoms with Crippen molar-refractivity contribution in [3.8, 4) is 54.3 Å². The topological polar surface area (TPSA) is 274 Å². The summed E-state index contributed by atoms with van der Waals surface area (Å²) in [6, 6.07) is 32.4. The third-order valence-electron chi connectivity index (χ3n) is 17.6. The monoisotopic (exact) mass is 1420 g/mol. The smallest absolute Gasteiger partial charge is 0.476 e. The molecule has 26 heteroatoms. The summed E-state index contributed by atoms with van der Waals surface area (Å²) in [4.78, 5) is 79.2. The van der Waals surface area contributed by atoms with Crippen LogP contribution in [0.15, 0.2) is 109 Å². The highest BCUT2D eigenvalue weighted by molar-refractivity contribution is 7.48. The van der Waals surface area contributed by atoms with Crippen LogP contribution >= 0.6 is 7.82 Å². The van der Waals surface area contributed by atoms with Crippen molar-refractivity contribution >= 4 is 110 Å². The zero-order valence-electron chi connectivity index (χ0n) is 58.9. The van der Waals surface area contributed by atoms with E-state index in [1.165, 1.54) is 14.7 Å². The van der Waals surface area contributed by atoms with E-state index in [0.717, 1.165) is 0 Å². The van der Waals surface area contributed by atoms with E-state index < -0.39 is 45.4 Å². The van der Waals surface area contributed by atoms with E-state index in [4.69, 9.17) is 91.2 Å². The average Bonchev–Trinajstić information content (AvgIpc) is 1.19. The van der Waals surface area contributed by atoms with Crippen molar-refractivity contribution < 1.29 is 60.9 Å². The maximum absolute atomic E-state index is 15.9. The molecule has 6 heterocycles. The molecule has 12 rings (SSSR count). The predicted octanol–water partition coefficient (Wildman–Crippen LogP) is 12.5. The molecule has 3 atom stereocenters. The third-order valence-corrected chi connectivity index (χ3v) is 18.9. The van der Waals surface area contributed by atoms with Crippen LogP contribution in [0.25, 0.3) is 32.7 Å². The highest BCUT2D eigenvalue weighted by Gasteiger charge is 2.36. The Morgan fingerprint density at radius 3 is 1.00 bits per heavy atom. The summed E-state index contributed by atoms with van der Waals surface area (Å²) in [5.41, 5.74) is 6.32. The zero-order valence-corrected chi connectivity index (χ0v) is 59.8. The van der Waals surface area contributed by atoms with Crippen LogP contribution in [0.5, 0.6) is 17.2 Å². The molecule has 3 aliphatic rings. The summed E-state index contributed by atoms with van der Waals surface area (Å²) >= 11 is 0. The molecule has 3 aromatic heterocycles. The number of fused-ring (bicyclic) bond motifs is 3. The number of terminal acetylenes is 3. The maximum atomic E-state index is 15.9. The fourth-order valence-corrected chi connectivity index (χ4v) is 13.3. The van der Waals surface area contributed by atoms with Crippen LogP contribution in [0, 0.1) is 37.0 Å². The van der Waals surface area contributed by atoms with Crippen molar-refractivity contribution in [2.45, 2.75) is 98.4 Å². The van der Waals surface area contributed by atoms with Gasteiger partial charge in [0.05, 0.1) is 73.3 Å². The number of ether oxygens (including phenoxy) is 6. The number of hydrogen-bond acceptors (Lipinski definition) is 22. The largest absolute Gasteiger partial charge is 0.486 e. The molecule has 25 nitrogen and oxygen atoms in total. The van der Waals surface area contributed by atoms with E-state index in [0.29, 0.717) is 197 Å². The van der Waals surface area contributed by atoms with Gasteiger partial charge in [0, 0.05) is 126 Å². The van der Waals surface area contributed by atoms with Crippen LogP contribution in [0.1, 0.15) is 95.0 Å². The number of phosphoric acid groups is 1. The summed E-state index contributed by atoms with van der Waals surface area (Å²) in [6.07, 6.45) is 19.5. The molecule has 104 heavy (non-hydrogen) atoms. The number of amides is 3. The molecule has 0 radical (unpaired) electrons. The first-order valence-corrected chi connectivity index (χ1v) is 36.3. The first-order valence-electron chi connectivity index (χ1n) is 34.8. The molecule has 0 aliphatic carbocycles. The summed E-state index contributed by atoms with van der Waals surface area (Å²) in [5, 5.41) is 11.8. The molecule has 6 aromatic carbocycles. The molecule has 536 valence electrons. The molecular formula is C78H81N12O13P. The summed E-state index contributed by atoms with van der Waals surface area (Å²) in [7, 11) is -5.24. The Kier molecular flexibility index (Phi) is 23.6. The zero-order chi connectivity index (χ0) is 72.9. The number of benzene rings is 6. The highest BCUT2D eigenvalue weighted by Crippen LogP contribution is 2.51. The normalized spacial score (nSPS) is 15.6. The Balaban J connectivity index is 0.902. The number of aryl methyl sites for hydroxylation is 3. The van der Waals surface area contributed by atoms with Crippen LogP contribution in [0.2, 0.25) is 0 Å². The number of hydrogen-bond donors (Lipinski definition) is 3. The second-order valence-corrected chi connectivity index (χ2v) is 26.2. The maximum Gasteiger partial charge on any atom is 0.476 e. The second-order valence-electron chi connectivity index (χ2n) is 24.6.